The molecule has 0 saturated heterocycles. The molecule has 0 fully saturated rings. The zero-order chi connectivity index (χ0) is 13.5. The summed E-state index contributed by atoms with van der Waals surface area (Å²) < 4.78 is 13.1. The Kier molecular flexibility index (Phi) is 5.99. The number of aryl methyl sites for hydroxylation is 1. The zero-order valence-corrected chi connectivity index (χ0v) is 11.5. The Morgan fingerprint density at radius 1 is 1.28 bits per heavy atom. The summed E-state index contributed by atoms with van der Waals surface area (Å²) >= 11 is 0. The maximum Gasteiger partial charge on any atom is 0.138 e. The number of Topliss-reactive ketones (excluding diaryl/α,β-unsaturated/α-hetero) is 1. The van der Waals surface area contributed by atoms with Gasteiger partial charge in [0.1, 0.15) is 11.6 Å². The maximum absolute atomic E-state index is 13.1. The number of nitrogens with zero attached hydrogens (tertiary/aromatic N) is 1. The van der Waals surface area contributed by atoms with Gasteiger partial charge in [-0.2, -0.15) is 0 Å². The van der Waals surface area contributed by atoms with E-state index in [0.29, 0.717) is 12.8 Å². The van der Waals surface area contributed by atoms with Gasteiger partial charge in [0.2, 0.25) is 0 Å². The molecule has 0 spiro atoms. The van der Waals surface area contributed by atoms with E-state index in [2.05, 4.69) is 18.7 Å². The molecule has 18 heavy (non-hydrogen) atoms. The summed E-state index contributed by atoms with van der Waals surface area (Å²) in [5, 5.41) is 0. The minimum Gasteiger partial charge on any atom is -0.303 e. The smallest absolute Gasteiger partial charge is 0.138 e. The number of ketones is 1. The summed E-state index contributed by atoms with van der Waals surface area (Å²) in [6.07, 6.45) is 0.877. The average molecular weight is 251 g/mol. The molecule has 0 aliphatic rings. The van der Waals surface area contributed by atoms with E-state index in [0.717, 1.165) is 30.8 Å². The van der Waals surface area contributed by atoms with Crippen molar-refractivity contribution in [3.05, 3.63) is 35.1 Å². The lowest BCUT2D eigenvalue weighted by Gasteiger charge is -2.17. The van der Waals surface area contributed by atoms with E-state index < -0.39 is 0 Å². The minimum absolute atomic E-state index is 0.176. The van der Waals surface area contributed by atoms with Gasteiger partial charge in [0, 0.05) is 19.4 Å². The van der Waals surface area contributed by atoms with Crippen molar-refractivity contribution in [2.24, 2.45) is 0 Å². The van der Waals surface area contributed by atoms with E-state index in [-0.39, 0.29) is 11.6 Å². The lowest BCUT2D eigenvalue weighted by molar-refractivity contribution is -0.118. The predicted molar refractivity (Wildman–Crippen MR) is 72.3 cm³/mol. The van der Waals surface area contributed by atoms with Crippen LogP contribution in [0.3, 0.4) is 0 Å². The second kappa shape index (κ2) is 7.27. The highest BCUT2D eigenvalue weighted by Gasteiger charge is 2.09. The molecule has 0 unspecified atom stereocenters. The molecule has 1 aromatic carbocycles. The normalized spacial score (nSPS) is 10.9. The lowest BCUT2D eigenvalue weighted by Crippen LogP contribution is -2.26. The van der Waals surface area contributed by atoms with Gasteiger partial charge < -0.3 is 4.90 Å². The standard InChI is InChI=1S/C15H22FNO/c1-4-17(5-2)9-8-15(18)11-13-10-14(16)7-6-12(13)3/h6-7,10H,4-5,8-9,11H2,1-3H3. The molecule has 0 saturated carbocycles. The van der Waals surface area contributed by atoms with Gasteiger partial charge in [0.05, 0.1) is 0 Å². The second-order valence-electron chi connectivity index (χ2n) is 4.56. The summed E-state index contributed by atoms with van der Waals surface area (Å²) in [5.41, 5.74) is 1.78. The number of benzene rings is 1. The third kappa shape index (κ3) is 4.57. The van der Waals surface area contributed by atoms with Crippen molar-refractivity contribution in [2.75, 3.05) is 19.6 Å². The zero-order valence-electron chi connectivity index (χ0n) is 11.5. The molecule has 100 valence electrons. The average Bonchev–Trinajstić information content (AvgIpc) is 2.35. The molecule has 1 aromatic rings. The summed E-state index contributed by atoms with van der Waals surface area (Å²) in [6, 6.07) is 4.62. The number of halogens is 1. The minimum atomic E-state index is -0.271. The van der Waals surface area contributed by atoms with Crippen LogP contribution in [0.25, 0.3) is 0 Å². The van der Waals surface area contributed by atoms with Gasteiger partial charge in [0.15, 0.2) is 0 Å². The summed E-state index contributed by atoms with van der Waals surface area (Å²) in [6.45, 7) is 8.80. The fraction of sp³-hybridized carbons (Fsp3) is 0.533. The molecule has 0 amide bonds. The maximum atomic E-state index is 13.1. The van der Waals surface area contributed by atoms with E-state index in [1.807, 2.05) is 6.92 Å². The van der Waals surface area contributed by atoms with Crippen LogP contribution < -0.4 is 0 Å². The largest absolute Gasteiger partial charge is 0.303 e. The third-order valence-electron chi connectivity index (χ3n) is 3.30. The number of hydrogen-bond donors (Lipinski definition) is 0. The van der Waals surface area contributed by atoms with Gasteiger partial charge in [-0.25, -0.2) is 4.39 Å². The first-order valence-electron chi connectivity index (χ1n) is 6.55. The Balaban J connectivity index is 2.51. The van der Waals surface area contributed by atoms with Crippen molar-refractivity contribution in [3.8, 4) is 0 Å². The number of rotatable bonds is 7. The van der Waals surface area contributed by atoms with Crippen molar-refractivity contribution < 1.29 is 9.18 Å². The Morgan fingerprint density at radius 2 is 1.94 bits per heavy atom. The van der Waals surface area contributed by atoms with Crippen molar-refractivity contribution in [3.63, 3.8) is 0 Å². The first-order chi connectivity index (χ1) is 8.56. The number of carbonyl (C=O) groups excluding carboxylic acids is 1. The van der Waals surface area contributed by atoms with Gasteiger partial charge in [-0.3, -0.25) is 4.79 Å². The van der Waals surface area contributed by atoms with Crippen LogP contribution in [0.4, 0.5) is 4.39 Å². The second-order valence-corrected chi connectivity index (χ2v) is 4.56. The summed E-state index contributed by atoms with van der Waals surface area (Å²) in [5.74, 6) is -0.0947. The molecule has 0 N–H and O–H groups in total. The highest BCUT2D eigenvalue weighted by Crippen LogP contribution is 2.12. The van der Waals surface area contributed by atoms with Crippen LogP contribution in [0, 0.1) is 12.7 Å². The molecule has 0 bridgehead atoms. The molecule has 2 nitrogen and oxygen atoms in total. The monoisotopic (exact) mass is 251 g/mol. The van der Waals surface area contributed by atoms with E-state index in [9.17, 15) is 9.18 Å². The molecule has 0 heterocycles. The SMILES string of the molecule is CCN(CC)CCC(=O)Cc1cc(F)ccc1C. The van der Waals surface area contributed by atoms with Crippen LogP contribution in [0.2, 0.25) is 0 Å². The van der Waals surface area contributed by atoms with Crippen molar-refractivity contribution in [2.45, 2.75) is 33.6 Å². The summed E-state index contributed by atoms with van der Waals surface area (Å²) in [7, 11) is 0. The predicted octanol–water partition coefficient (Wildman–Crippen LogP) is 2.98. The molecule has 0 aromatic heterocycles. The quantitative estimate of drug-likeness (QED) is 0.742. The highest BCUT2D eigenvalue weighted by atomic mass is 19.1. The Labute approximate surface area is 109 Å². The Morgan fingerprint density at radius 3 is 2.56 bits per heavy atom. The van der Waals surface area contributed by atoms with E-state index >= 15 is 0 Å². The van der Waals surface area contributed by atoms with Crippen molar-refractivity contribution >= 4 is 5.78 Å². The van der Waals surface area contributed by atoms with Crippen molar-refractivity contribution in [1.29, 1.82) is 0 Å². The van der Waals surface area contributed by atoms with Crippen LogP contribution in [-0.4, -0.2) is 30.3 Å². The van der Waals surface area contributed by atoms with Gasteiger partial charge in [-0.1, -0.05) is 19.9 Å². The fourth-order valence-corrected chi connectivity index (χ4v) is 1.95. The molecule has 1 rings (SSSR count). The number of carbonyl (C=O) groups is 1. The van der Waals surface area contributed by atoms with E-state index in [1.165, 1.54) is 12.1 Å². The van der Waals surface area contributed by atoms with Crippen LogP contribution in [0.1, 0.15) is 31.4 Å². The Hall–Kier alpha value is -1.22. The topological polar surface area (TPSA) is 20.3 Å². The molecule has 3 heteroatoms. The lowest BCUT2D eigenvalue weighted by atomic mass is 10.0. The summed E-state index contributed by atoms with van der Waals surface area (Å²) in [4.78, 5) is 14.1. The number of hydrogen-bond acceptors (Lipinski definition) is 2. The first-order valence-corrected chi connectivity index (χ1v) is 6.55. The third-order valence-corrected chi connectivity index (χ3v) is 3.30. The first kappa shape index (κ1) is 14.8. The van der Waals surface area contributed by atoms with Crippen LogP contribution >= 0.6 is 0 Å². The van der Waals surface area contributed by atoms with Crippen molar-refractivity contribution in [1.82, 2.24) is 4.90 Å². The van der Waals surface area contributed by atoms with Crippen LogP contribution in [0.5, 0.6) is 0 Å². The Bertz CT molecular complexity index is 399. The molecule has 0 aliphatic carbocycles. The fourth-order valence-electron chi connectivity index (χ4n) is 1.95. The molecule has 0 atom stereocenters. The van der Waals surface area contributed by atoms with Crippen LogP contribution in [0.15, 0.2) is 18.2 Å². The molecule has 0 aliphatic heterocycles. The van der Waals surface area contributed by atoms with E-state index in [4.69, 9.17) is 0 Å². The van der Waals surface area contributed by atoms with Gasteiger partial charge in [-0.05, 0) is 43.3 Å². The molecular formula is C15H22FNO. The van der Waals surface area contributed by atoms with Gasteiger partial charge >= 0.3 is 0 Å². The van der Waals surface area contributed by atoms with Gasteiger partial charge in [0.25, 0.3) is 0 Å². The molecule has 0 radical (unpaired) electrons. The molecular weight excluding hydrogens is 229 g/mol. The van der Waals surface area contributed by atoms with Gasteiger partial charge in [-0.15, -0.1) is 0 Å². The van der Waals surface area contributed by atoms with Crippen LogP contribution in [-0.2, 0) is 11.2 Å². The van der Waals surface area contributed by atoms with E-state index in [1.54, 1.807) is 6.07 Å². The highest BCUT2D eigenvalue weighted by molar-refractivity contribution is 5.81.